The van der Waals surface area contributed by atoms with Crippen molar-refractivity contribution in [2.75, 3.05) is 31.6 Å². The lowest BCUT2D eigenvalue weighted by atomic mass is 10.1. The molecule has 138 valence electrons. The van der Waals surface area contributed by atoms with E-state index in [0.717, 1.165) is 24.4 Å². The number of hydrogen-bond donors (Lipinski definition) is 3. The van der Waals surface area contributed by atoms with E-state index >= 15 is 0 Å². The van der Waals surface area contributed by atoms with Gasteiger partial charge in [0.25, 0.3) is 0 Å². The molecule has 0 fully saturated rings. The molecule has 1 atom stereocenters. The first kappa shape index (κ1) is 21.3. The summed E-state index contributed by atoms with van der Waals surface area (Å²) in [6.45, 7) is 8.62. The van der Waals surface area contributed by atoms with Crippen LogP contribution in [0.25, 0.3) is 0 Å². The van der Waals surface area contributed by atoms with E-state index in [9.17, 15) is 5.11 Å². The van der Waals surface area contributed by atoms with Gasteiger partial charge >= 0.3 is 1.43 Å². The van der Waals surface area contributed by atoms with Crippen LogP contribution in [-0.4, -0.2) is 37.5 Å². The summed E-state index contributed by atoms with van der Waals surface area (Å²) in [4.78, 5) is 0. The van der Waals surface area contributed by atoms with E-state index in [1.807, 2.05) is 31.2 Å². The molecular weight excluding hydrogens is 336 g/mol. The Morgan fingerprint density at radius 2 is 1.80 bits per heavy atom. The summed E-state index contributed by atoms with van der Waals surface area (Å²) in [6, 6.07) is 14.2. The molecule has 0 bridgehead atoms. The Balaban J connectivity index is 0.00000312. The van der Waals surface area contributed by atoms with E-state index in [1.165, 1.54) is 16.8 Å². The molecule has 2 aromatic rings. The average molecular weight is 365 g/mol. The van der Waals surface area contributed by atoms with E-state index in [1.54, 1.807) is 0 Å². The van der Waals surface area contributed by atoms with Crippen molar-refractivity contribution in [1.82, 2.24) is 5.32 Å². The molecule has 0 saturated carbocycles. The third-order valence-corrected chi connectivity index (χ3v) is 3.82. The van der Waals surface area contributed by atoms with Crippen LogP contribution in [0, 0.1) is 20.8 Å². The van der Waals surface area contributed by atoms with Gasteiger partial charge in [0.1, 0.15) is 18.5 Å². The van der Waals surface area contributed by atoms with E-state index < -0.39 is 6.10 Å². The van der Waals surface area contributed by atoms with Crippen molar-refractivity contribution in [1.29, 1.82) is 0 Å². The fourth-order valence-electron chi connectivity index (χ4n) is 2.44. The molecule has 0 saturated heterocycles. The molecule has 0 aromatic heterocycles. The number of hydrogen-bond acceptors (Lipinski definition) is 4. The number of benzene rings is 2. The summed E-state index contributed by atoms with van der Waals surface area (Å²) < 4.78 is 5.60. The van der Waals surface area contributed by atoms with Gasteiger partial charge in [0.15, 0.2) is 0 Å². The molecule has 0 aliphatic carbocycles. The lowest BCUT2D eigenvalue weighted by Gasteiger charge is -2.14. The van der Waals surface area contributed by atoms with E-state index in [2.05, 4.69) is 42.7 Å². The van der Waals surface area contributed by atoms with Crippen molar-refractivity contribution >= 4 is 5.69 Å². The minimum atomic E-state index is -0.522. The van der Waals surface area contributed by atoms with Crippen molar-refractivity contribution in [2.24, 2.45) is 0 Å². The summed E-state index contributed by atoms with van der Waals surface area (Å²) in [5.41, 5.74) is 4.81. The van der Waals surface area contributed by atoms with Gasteiger partial charge < -0.3 is 32.9 Å². The molecule has 0 spiro atoms. The fraction of sp³-hybridized carbons (Fsp3) is 0.400. The second-order valence-electron chi connectivity index (χ2n) is 6.23. The maximum Gasteiger partial charge on any atom is 1.00 e. The van der Waals surface area contributed by atoms with Gasteiger partial charge in [0.2, 0.25) is 0 Å². The molecule has 0 aliphatic rings. The number of rotatable bonds is 9. The largest absolute Gasteiger partial charge is 1.00 e. The Morgan fingerprint density at radius 1 is 1.04 bits per heavy atom. The second kappa shape index (κ2) is 11.0. The number of nitrogens with one attached hydrogen (secondary N) is 2. The summed E-state index contributed by atoms with van der Waals surface area (Å²) in [6.07, 6.45) is -0.522. The lowest BCUT2D eigenvalue weighted by Crippen LogP contribution is -3.00. The Hall–Kier alpha value is -1.75. The van der Waals surface area contributed by atoms with Crippen molar-refractivity contribution in [3.63, 3.8) is 0 Å². The minimum Gasteiger partial charge on any atom is -1.00 e. The van der Waals surface area contributed by atoms with Gasteiger partial charge in [-0.15, -0.1) is 0 Å². The fourth-order valence-corrected chi connectivity index (χ4v) is 2.44. The molecule has 0 aliphatic heterocycles. The number of aryl methyl sites for hydroxylation is 3. The third kappa shape index (κ3) is 7.78. The number of aliphatic hydroxyl groups excluding tert-OH is 1. The normalized spacial score (nSPS) is 11.5. The Labute approximate surface area is 158 Å². The van der Waals surface area contributed by atoms with Crippen LogP contribution in [0.1, 0.15) is 18.1 Å². The van der Waals surface area contributed by atoms with Gasteiger partial charge in [-0.1, -0.05) is 24.3 Å². The van der Waals surface area contributed by atoms with Gasteiger partial charge in [-0.25, -0.2) is 0 Å². The minimum absolute atomic E-state index is 0. The average Bonchev–Trinajstić information content (AvgIpc) is 2.56. The van der Waals surface area contributed by atoms with Crippen molar-refractivity contribution in [3.05, 3.63) is 59.2 Å². The van der Waals surface area contributed by atoms with E-state index in [-0.39, 0.29) is 13.8 Å². The molecule has 0 amide bonds. The summed E-state index contributed by atoms with van der Waals surface area (Å²) in [5.74, 6) is 0.797. The van der Waals surface area contributed by atoms with Crippen LogP contribution in [-0.2, 0) is 0 Å². The predicted octanol–water partition coefficient (Wildman–Crippen LogP) is 0.170. The molecule has 0 radical (unpaired) electrons. The molecule has 2 rings (SSSR count). The summed E-state index contributed by atoms with van der Waals surface area (Å²) >= 11 is 0. The predicted molar refractivity (Wildman–Crippen MR) is 101 cm³/mol. The highest BCUT2D eigenvalue weighted by Gasteiger charge is 2.05. The maximum atomic E-state index is 9.97. The third-order valence-electron chi connectivity index (χ3n) is 3.82. The summed E-state index contributed by atoms with van der Waals surface area (Å²) in [5, 5.41) is 16.6. The van der Waals surface area contributed by atoms with Crippen molar-refractivity contribution in [2.45, 2.75) is 26.9 Å². The monoisotopic (exact) mass is 364 g/mol. The highest BCUT2D eigenvalue weighted by atomic mass is 35.5. The number of halogens is 1. The van der Waals surface area contributed by atoms with Crippen LogP contribution >= 0.6 is 0 Å². The number of aliphatic hydroxyl groups is 1. The van der Waals surface area contributed by atoms with Gasteiger partial charge in [-0.05, 0) is 55.7 Å². The first-order valence-corrected chi connectivity index (χ1v) is 8.44. The van der Waals surface area contributed by atoms with Crippen LogP contribution in [0.4, 0.5) is 5.69 Å². The molecule has 4 nitrogen and oxygen atoms in total. The standard InChI is InChI=1S/C20H28N2O2.ClH/c1-15-5-4-6-19(11-15)24-14-18(23)13-21-9-10-22-20-12-16(2)7-8-17(20)3;/h4-8,11-12,18,21-23H,9-10,13-14H2,1-3H3;1H. The van der Waals surface area contributed by atoms with Gasteiger partial charge in [0.05, 0.1) is 0 Å². The molecule has 0 heterocycles. The van der Waals surface area contributed by atoms with Crippen LogP contribution < -0.4 is 27.8 Å². The highest BCUT2D eigenvalue weighted by molar-refractivity contribution is 5.52. The second-order valence-corrected chi connectivity index (χ2v) is 6.23. The van der Waals surface area contributed by atoms with Crippen LogP contribution in [0.5, 0.6) is 5.75 Å². The topological polar surface area (TPSA) is 53.5 Å². The number of anilines is 1. The Morgan fingerprint density at radius 3 is 2.56 bits per heavy atom. The van der Waals surface area contributed by atoms with Crippen molar-refractivity contribution < 1.29 is 23.7 Å². The first-order valence-electron chi connectivity index (χ1n) is 8.44. The lowest BCUT2D eigenvalue weighted by molar-refractivity contribution is -0.00000695. The SMILES string of the molecule is Cc1cccc(OCC(O)CNCCNc2cc(C)ccc2C)c1.[Cl-].[H+]. The number of ether oxygens (including phenoxy) is 1. The van der Waals surface area contributed by atoms with Gasteiger partial charge in [-0.3, -0.25) is 0 Å². The molecule has 3 N–H and O–H groups in total. The van der Waals surface area contributed by atoms with E-state index in [4.69, 9.17) is 4.74 Å². The molecule has 1 unspecified atom stereocenters. The molecular formula is C20H29ClN2O2. The Bertz CT molecular complexity index is 655. The zero-order chi connectivity index (χ0) is 17.4. The first-order chi connectivity index (χ1) is 11.5. The van der Waals surface area contributed by atoms with Gasteiger partial charge in [-0.2, -0.15) is 0 Å². The highest BCUT2D eigenvalue weighted by Crippen LogP contribution is 2.15. The van der Waals surface area contributed by atoms with Crippen molar-refractivity contribution in [3.8, 4) is 5.75 Å². The van der Waals surface area contributed by atoms with Crippen LogP contribution in [0.2, 0.25) is 0 Å². The Kier molecular flexibility index (Phi) is 9.35. The van der Waals surface area contributed by atoms with Crippen LogP contribution in [0.3, 0.4) is 0 Å². The van der Waals surface area contributed by atoms with Gasteiger partial charge in [0, 0.05) is 25.3 Å². The molecule has 5 heteroatoms. The smallest absolute Gasteiger partial charge is 1.00 e. The van der Waals surface area contributed by atoms with E-state index in [0.29, 0.717) is 13.2 Å². The quantitative estimate of drug-likeness (QED) is 0.555. The molecule has 2 aromatic carbocycles. The summed E-state index contributed by atoms with van der Waals surface area (Å²) in [7, 11) is 0. The maximum absolute atomic E-state index is 9.97. The zero-order valence-corrected chi connectivity index (χ0v) is 15.9. The zero-order valence-electron chi connectivity index (χ0n) is 16.2. The molecule has 25 heavy (non-hydrogen) atoms. The van der Waals surface area contributed by atoms with Crippen LogP contribution in [0.15, 0.2) is 42.5 Å².